The molecule has 0 aromatic heterocycles. The Kier molecular flexibility index (Phi) is 4.41. The summed E-state index contributed by atoms with van der Waals surface area (Å²) < 4.78 is 0. The molecule has 0 spiro atoms. The molecule has 0 fully saturated rings. The second-order valence-electron chi connectivity index (χ2n) is 14.0. The number of para-hydroxylation sites is 1. The number of hydrogen-bond acceptors (Lipinski definition) is 2. The Labute approximate surface area is 285 Å². The lowest BCUT2D eigenvalue weighted by Crippen LogP contribution is -2.02. The highest BCUT2D eigenvalue weighted by atomic mass is 14.8. The van der Waals surface area contributed by atoms with Crippen molar-refractivity contribution in [1.29, 1.82) is 0 Å². The standard InChI is InChI=1S/C48H24N2/c1-2-6-25(7-3-1)31-20-22-37-46(47-38(49-37)23-21-34-32-8-4-5-9-36(32)50-48(34)47)44(31)35-24-30-17-16-28-13-11-26-10-12-27-14-15-29-18-19-33(35)45-42(29)40(27)39(26)41(28)43(30)45/h1-24H. The zero-order chi connectivity index (χ0) is 32.2. The van der Waals surface area contributed by atoms with Gasteiger partial charge < -0.3 is 0 Å². The molecular formula is C48H24N2. The third-order valence-electron chi connectivity index (χ3n) is 11.6. The van der Waals surface area contributed by atoms with Gasteiger partial charge in [-0.05, 0) is 112 Å². The van der Waals surface area contributed by atoms with Crippen molar-refractivity contribution in [2.24, 2.45) is 9.98 Å². The average Bonchev–Trinajstić information content (AvgIpc) is 3.75. The number of fused-ring (bicyclic) bond motifs is 6. The quantitative estimate of drug-likeness (QED) is 0.134. The predicted octanol–water partition coefficient (Wildman–Crippen LogP) is 11.7. The molecule has 13 rings (SSSR count). The average molecular weight is 629 g/mol. The molecule has 0 N–H and O–H groups in total. The van der Waals surface area contributed by atoms with Crippen molar-refractivity contribution >= 4 is 76.0 Å². The van der Waals surface area contributed by atoms with Crippen LogP contribution >= 0.6 is 0 Å². The molecule has 0 saturated heterocycles. The van der Waals surface area contributed by atoms with Crippen LogP contribution in [0.5, 0.6) is 0 Å². The lowest BCUT2D eigenvalue weighted by molar-refractivity contribution is 1.36. The molecule has 2 aliphatic heterocycles. The first-order chi connectivity index (χ1) is 24.8. The lowest BCUT2D eigenvalue weighted by Gasteiger charge is -2.24. The van der Waals surface area contributed by atoms with E-state index < -0.39 is 0 Å². The summed E-state index contributed by atoms with van der Waals surface area (Å²) in [6, 6.07) is 53.9. The third-order valence-corrected chi connectivity index (χ3v) is 11.6. The van der Waals surface area contributed by atoms with Crippen molar-refractivity contribution in [3.63, 3.8) is 0 Å². The highest BCUT2D eigenvalue weighted by Crippen LogP contribution is 2.54. The van der Waals surface area contributed by atoms with Gasteiger partial charge in [0.05, 0.1) is 22.1 Å². The van der Waals surface area contributed by atoms with E-state index >= 15 is 0 Å². The lowest BCUT2D eigenvalue weighted by atomic mass is 9.79. The minimum Gasteiger partial charge on any atom is -0.248 e. The summed E-state index contributed by atoms with van der Waals surface area (Å²) >= 11 is 0. The minimum atomic E-state index is 0.988. The molecule has 2 aliphatic rings. The van der Waals surface area contributed by atoms with E-state index in [0.717, 1.165) is 27.7 Å². The summed E-state index contributed by atoms with van der Waals surface area (Å²) in [4.78, 5) is 10.6. The molecule has 2 nitrogen and oxygen atoms in total. The van der Waals surface area contributed by atoms with Crippen LogP contribution in [0.25, 0.3) is 98.0 Å². The van der Waals surface area contributed by atoms with Crippen molar-refractivity contribution in [1.82, 2.24) is 0 Å². The third kappa shape index (κ3) is 2.94. The fourth-order valence-electron chi connectivity index (χ4n) is 9.57. The van der Waals surface area contributed by atoms with Crippen LogP contribution in [0.4, 0.5) is 11.4 Å². The van der Waals surface area contributed by atoms with Crippen LogP contribution in [-0.2, 0) is 0 Å². The molecule has 2 heterocycles. The Morgan fingerprint density at radius 3 is 1.70 bits per heavy atom. The molecule has 0 unspecified atom stereocenters. The van der Waals surface area contributed by atoms with E-state index in [1.54, 1.807) is 0 Å². The molecule has 0 saturated carbocycles. The smallest absolute Gasteiger partial charge is 0.0817 e. The highest BCUT2D eigenvalue weighted by molar-refractivity contribution is 6.45. The fraction of sp³-hybridized carbons (Fsp3) is 0. The number of nitrogens with zero attached hydrogens (tertiary/aromatic N) is 2. The van der Waals surface area contributed by atoms with Gasteiger partial charge >= 0.3 is 0 Å². The van der Waals surface area contributed by atoms with E-state index in [1.807, 2.05) is 0 Å². The van der Waals surface area contributed by atoms with Crippen LogP contribution in [0.3, 0.4) is 0 Å². The van der Waals surface area contributed by atoms with Crippen LogP contribution < -0.4 is 10.7 Å². The second-order valence-corrected chi connectivity index (χ2v) is 14.0. The van der Waals surface area contributed by atoms with Gasteiger partial charge in [0.1, 0.15) is 0 Å². The van der Waals surface area contributed by atoms with Crippen molar-refractivity contribution in [3.05, 3.63) is 167 Å². The summed E-state index contributed by atoms with van der Waals surface area (Å²) in [5.74, 6) is 0. The SMILES string of the molecule is c1ccc(-c2ccc3c(c2-c2cc4ccc5ccc6ccc7ccc8ccc2c2c8c7c6c5c42)-c2c4c(ccc2=N3)=c2ccccc2=N4)cc1. The Morgan fingerprint density at radius 2 is 0.960 bits per heavy atom. The molecule has 50 heavy (non-hydrogen) atoms. The number of benzene rings is 11. The van der Waals surface area contributed by atoms with Gasteiger partial charge in [0, 0.05) is 27.1 Å². The topological polar surface area (TPSA) is 24.7 Å². The van der Waals surface area contributed by atoms with Crippen molar-refractivity contribution in [2.45, 2.75) is 0 Å². The van der Waals surface area contributed by atoms with Gasteiger partial charge in [-0.15, -0.1) is 0 Å². The first-order valence-electron chi connectivity index (χ1n) is 17.3. The van der Waals surface area contributed by atoms with Gasteiger partial charge in [-0.2, -0.15) is 0 Å². The number of hydrogen-bond donors (Lipinski definition) is 0. The summed E-state index contributed by atoms with van der Waals surface area (Å²) in [6.07, 6.45) is 0. The first kappa shape index (κ1) is 25.4. The largest absolute Gasteiger partial charge is 0.248 e. The van der Waals surface area contributed by atoms with Crippen LogP contribution in [0.2, 0.25) is 0 Å². The van der Waals surface area contributed by atoms with Crippen molar-refractivity contribution in [2.75, 3.05) is 0 Å². The highest BCUT2D eigenvalue weighted by Gasteiger charge is 2.29. The molecule has 11 aromatic rings. The Balaban J connectivity index is 1.26. The van der Waals surface area contributed by atoms with Gasteiger partial charge in [-0.1, -0.05) is 115 Å². The molecule has 2 heteroatoms. The summed E-state index contributed by atoms with van der Waals surface area (Å²) in [5.41, 5.74) is 9.21. The minimum absolute atomic E-state index is 0.988. The normalized spacial score (nSPS) is 13.1. The van der Waals surface area contributed by atoms with Gasteiger partial charge in [-0.25, -0.2) is 9.98 Å². The van der Waals surface area contributed by atoms with Crippen LogP contribution in [0.15, 0.2) is 156 Å². The maximum Gasteiger partial charge on any atom is 0.0817 e. The van der Waals surface area contributed by atoms with Gasteiger partial charge in [-0.3, -0.25) is 0 Å². The second kappa shape index (κ2) is 8.68. The molecule has 0 aliphatic carbocycles. The zero-order valence-electron chi connectivity index (χ0n) is 26.8. The number of rotatable bonds is 2. The molecular weight excluding hydrogens is 605 g/mol. The van der Waals surface area contributed by atoms with E-state index in [1.165, 1.54) is 103 Å². The monoisotopic (exact) mass is 628 g/mol. The molecule has 0 amide bonds. The van der Waals surface area contributed by atoms with E-state index in [9.17, 15) is 0 Å². The molecule has 0 atom stereocenters. The summed E-state index contributed by atoms with van der Waals surface area (Å²) in [7, 11) is 0. The molecule has 226 valence electrons. The van der Waals surface area contributed by atoms with Gasteiger partial charge in [0.15, 0.2) is 0 Å². The molecule has 0 radical (unpaired) electrons. The van der Waals surface area contributed by atoms with Gasteiger partial charge in [0.25, 0.3) is 0 Å². The van der Waals surface area contributed by atoms with Crippen LogP contribution in [-0.4, -0.2) is 0 Å². The van der Waals surface area contributed by atoms with Crippen LogP contribution in [0, 0.1) is 10.4 Å². The molecule has 0 bridgehead atoms. The summed E-state index contributed by atoms with van der Waals surface area (Å²) in [5, 5.41) is 20.4. The zero-order valence-corrected chi connectivity index (χ0v) is 26.8. The fourth-order valence-corrected chi connectivity index (χ4v) is 9.57. The maximum absolute atomic E-state index is 5.28. The van der Waals surface area contributed by atoms with E-state index in [-0.39, 0.29) is 0 Å². The van der Waals surface area contributed by atoms with E-state index in [4.69, 9.17) is 9.98 Å². The first-order valence-corrected chi connectivity index (χ1v) is 17.3. The van der Waals surface area contributed by atoms with Crippen molar-refractivity contribution in [3.8, 4) is 33.4 Å². The predicted molar refractivity (Wildman–Crippen MR) is 207 cm³/mol. The van der Waals surface area contributed by atoms with E-state index in [0.29, 0.717) is 0 Å². The Bertz CT molecular complexity index is 3470. The van der Waals surface area contributed by atoms with Crippen molar-refractivity contribution < 1.29 is 0 Å². The maximum atomic E-state index is 5.28. The van der Waals surface area contributed by atoms with Gasteiger partial charge in [0.2, 0.25) is 0 Å². The summed E-state index contributed by atoms with van der Waals surface area (Å²) in [6.45, 7) is 0. The Morgan fingerprint density at radius 1 is 0.340 bits per heavy atom. The van der Waals surface area contributed by atoms with Crippen LogP contribution in [0.1, 0.15) is 0 Å². The van der Waals surface area contributed by atoms with E-state index in [2.05, 4.69) is 146 Å². The Hall–Kier alpha value is -6.64. The molecule has 11 aromatic carbocycles.